The molecule has 1 saturated heterocycles. The van der Waals surface area contributed by atoms with Crippen molar-refractivity contribution < 1.29 is 9.90 Å². The van der Waals surface area contributed by atoms with Crippen LogP contribution in [0.2, 0.25) is 5.02 Å². The Hall–Kier alpha value is -2.24. The fraction of sp³-hybridized carbons (Fsp3) is 0.381. The van der Waals surface area contributed by atoms with E-state index in [1.54, 1.807) is 24.3 Å². The number of benzene rings is 2. The van der Waals surface area contributed by atoms with E-state index < -0.39 is 0 Å². The van der Waals surface area contributed by atoms with Crippen molar-refractivity contribution in [2.45, 2.75) is 32.4 Å². The van der Waals surface area contributed by atoms with Crippen LogP contribution in [-0.4, -0.2) is 46.6 Å². The van der Waals surface area contributed by atoms with Gasteiger partial charge < -0.3 is 15.3 Å². The lowest BCUT2D eigenvalue weighted by Gasteiger charge is -2.30. The molecule has 2 N–H and O–H groups in total. The molecule has 1 atom stereocenters. The summed E-state index contributed by atoms with van der Waals surface area (Å²) in [6, 6.07) is 14.4. The van der Waals surface area contributed by atoms with Crippen LogP contribution < -0.4 is 5.32 Å². The highest BCUT2D eigenvalue weighted by Gasteiger charge is 2.27. The van der Waals surface area contributed by atoms with Gasteiger partial charge in [-0.05, 0) is 61.8 Å². The Kier molecular flexibility index (Phi) is 6.58. The molecular weight excluding hydrogens is 362 g/mol. The van der Waals surface area contributed by atoms with E-state index in [-0.39, 0.29) is 11.8 Å². The van der Waals surface area contributed by atoms with Crippen molar-refractivity contribution in [1.29, 1.82) is 0 Å². The number of hydrogen-bond donors (Lipinski definition) is 2. The molecule has 0 aromatic heterocycles. The zero-order valence-electron chi connectivity index (χ0n) is 15.6. The monoisotopic (exact) mass is 387 g/mol. The average molecular weight is 388 g/mol. The molecule has 2 aromatic rings. The van der Waals surface area contributed by atoms with E-state index in [4.69, 9.17) is 11.6 Å². The average Bonchev–Trinajstić information content (AvgIpc) is 3.10. The third-order valence-electron chi connectivity index (χ3n) is 5.01. The third-order valence-corrected chi connectivity index (χ3v) is 5.24. The number of likely N-dealkylation sites (tertiary alicyclic amines) is 1. The lowest BCUT2D eigenvalue weighted by Crippen LogP contribution is -2.44. The second-order valence-electron chi connectivity index (χ2n) is 6.91. The van der Waals surface area contributed by atoms with Crippen LogP contribution in [0.15, 0.2) is 48.5 Å². The Morgan fingerprint density at radius 3 is 2.78 bits per heavy atom. The fourth-order valence-corrected chi connectivity index (χ4v) is 3.77. The van der Waals surface area contributed by atoms with Crippen molar-refractivity contribution in [2.75, 3.05) is 25.0 Å². The van der Waals surface area contributed by atoms with E-state index >= 15 is 0 Å². The number of phenolic OH excluding ortho intramolecular Hbond substituents is 1. The molecule has 1 aliphatic rings. The Morgan fingerprint density at radius 2 is 2.07 bits per heavy atom. The van der Waals surface area contributed by atoms with Crippen LogP contribution in [0.25, 0.3) is 0 Å². The van der Waals surface area contributed by atoms with Gasteiger partial charge in [0.1, 0.15) is 5.75 Å². The Labute approximate surface area is 165 Å². The van der Waals surface area contributed by atoms with Crippen LogP contribution in [0.3, 0.4) is 0 Å². The van der Waals surface area contributed by atoms with Crippen LogP contribution in [0.5, 0.6) is 5.75 Å². The summed E-state index contributed by atoms with van der Waals surface area (Å²) < 4.78 is 0. The van der Waals surface area contributed by atoms with E-state index in [0.29, 0.717) is 29.8 Å². The first-order valence-corrected chi connectivity index (χ1v) is 9.76. The summed E-state index contributed by atoms with van der Waals surface area (Å²) >= 11 is 6.03. The number of nitrogens with one attached hydrogen (secondary N) is 1. The predicted molar refractivity (Wildman–Crippen MR) is 109 cm³/mol. The van der Waals surface area contributed by atoms with E-state index in [1.165, 1.54) is 6.42 Å². The van der Waals surface area contributed by atoms with Gasteiger partial charge in [0, 0.05) is 29.8 Å². The Morgan fingerprint density at radius 1 is 1.30 bits per heavy atom. The van der Waals surface area contributed by atoms with Gasteiger partial charge in [-0.25, -0.2) is 4.79 Å². The standard InChI is InChI=1S/C21H26ClN3O2/c1-2-24-12-4-7-19(24)15-25(14-16-8-10-20(26)11-9-16)21(27)23-18-6-3-5-17(22)13-18/h3,5-6,8-11,13,19,26H,2,4,7,12,14-15H2,1H3,(H,23,27)/t19-/m0/s1. The number of halogens is 1. The number of carbonyl (C=O) groups excluding carboxylic acids is 1. The number of hydrogen-bond acceptors (Lipinski definition) is 3. The second kappa shape index (κ2) is 9.11. The predicted octanol–water partition coefficient (Wildman–Crippen LogP) is 4.56. The molecule has 1 heterocycles. The van der Waals surface area contributed by atoms with Gasteiger partial charge >= 0.3 is 6.03 Å². The smallest absolute Gasteiger partial charge is 0.322 e. The van der Waals surface area contributed by atoms with E-state index in [1.807, 2.05) is 29.2 Å². The highest BCUT2D eigenvalue weighted by Crippen LogP contribution is 2.21. The molecule has 0 spiro atoms. The number of aromatic hydroxyl groups is 1. The van der Waals surface area contributed by atoms with Crippen molar-refractivity contribution in [3.8, 4) is 5.75 Å². The van der Waals surface area contributed by atoms with E-state index in [9.17, 15) is 9.90 Å². The van der Waals surface area contributed by atoms with Crippen molar-refractivity contribution in [3.05, 3.63) is 59.1 Å². The highest BCUT2D eigenvalue weighted by molar-refractivity contribution is 6.30. The molecular formula is C21H26ClN3O2. The number of urea groups is 1. The summed E-state index contributed by atoms with van der Waals surface area (Å²) in [6.45, 7) is 5.40. The minimum atomic E-state index is -0.145. The molecule has 2 amide bonds. The number of anilines is 1. The van der Waals surface area contributed by atoms with Gasteiger partial charge in [0.05, 0.1) is 0 Å². The van der Waals surface area contributed by atoms with Gasteiger partial charge in [0.15, 0.2) is 0 Å². The number of carbonyl (C=O) groups is 1. The number of rotatable bonds is 6. The molecule has 5 nitrogen and oxygen atoms in total. The lowest BCUT2D eigenvalue weighted by atomic mass is 10.1. The number of likely N-dealkylation sites (N-methyl/N-ethyl adjacent to an activating group) is 1. The largest absolute Gasteiger partial charge is 0.508 e. The SMILES string of the molecule is CCN1CCC[C@H]1CN(Cc1ccc(O)cc1)C(=O)Nc1cccc(Cl)c1. The summed E-state index contributed by atoms with van der Waals surface area (Å²) in [7, 11) is 0. The molecule has 3 rings (SSSR count). The van der Waals surface area contributed by atoms with Crippen LogP contribution in [0, 0.1) is 0 Å². The molecule has 0 saturated carbocycles. The molecule has 2 aromatic carbocycles. The van der Waals surface area contributed by atoms with Gasteiger partial charge in [-0.2, -0.15) is 0 Å². The van der Waals surface area contributed by atoms with E-state index in [0.717, 1.165) is 25.1 Å². The number of amides is 2. The summed E-state index contributed by atoms with van der Waals surface area (Å²) in [5.74, 6) is 0.224. The third kappa shape index (κ3) is 5.37. The van der Waals surface area contributed by atoms with Crippen LogP contribution in [0.1, 0.15) is 25.3 Å². The van der Waals surface area contributed by atoms with Crippen molar-refractivity contribution in [3.63, 3.8) is 0 Å². The first-order chi connectivity index (χ1) is 13.0. The van der Waals surface area contributed by atoms with E-state index in [2.05, 4.69) is 17.1 Å². The summed E-state index contributed by atoms with van der Waals surface area (Å²) in [6.07, 6.45) is 2.27. The van der Waals surface area contributed by atoms with Gasteiger partial charge in [0.2, 0.25) is 0 Å². The minimum Gasteiger partial charge on any atom is -0.508 e. The topological polar surface area (TPSA) is 55.8 Å². The molecule has 144 valence electrons. The maximum atomic E-state index is 13.0. The molecule has 1 fully saturated rings. The Balaban J connectivity index is 1.75. The minimum absolute atomic E-state index is 0.145. The van der Waals surface area contributed by atoms with Gasteiger partial charge in [-0.3, -0.25) is 4.90 Å². The van der Waals surface area contributed by atoms with Crippen molar-refractivity contribution in [2.24, 2.45) is 0 Å². The first-order valence-electron chi connectivity index (χ1n) is 9.38. The van der Waals surface area contributed by atoms with Crippen molar-refractivity contribution >= 4 is 23.3 Å². The molecule has 0 bridgehead atoms. The number of nitrogens with zero attached hydrogens (tertiary/aromatic N) is 2. The normalized spacial score (nSPS) is 17.0. The maximum Gasteiger partial charge on any atom is 0.322 e. The summed E-state index contributed by atoms with van der Waals surface area (Å²) in [5, 5.41) is 13.0. The molecule has 0 aliphatic carbocycles. The molecule has 27 heavy (non-hydrogen) atoms. The molecule has 1 aliphatic heterocycles. The zero-order valence-corrected chi connectivity index (χ0v) is 16.3. The lowest BCUT2D eigenvalue weighted by molar-refractivity contribution is 0.175. The summed E-state index contributed by atoms with van der Waals surface area (Å²) in [5.41, 5.74) is 1.66. The van der Waals surface area contributed by atoms with Crippen LogP contribution in [-0.2, 0) is 6.54 Å². The Bertz CT molecular complexity index is 766. The molecule has 0 radical (unpaired) electrons. The van der Waals surface area contributed by atoms with Gasteiger partial charge in [-0.15, -0.1) is 0 Å². The van der Waals surface area contributed by atoms with Crippen molar-refractivity contribution in [1.82, 2.24) is 9.80 Å². The van der Waals surface area contributed by atoms with Gasteiger partial charge in [-0.1, -0.05) is 36.7 Å². The first kappa shape index (κ1) is 19.5. The number of phenols is 1. The van der Waals surface area contributed by atoms with Crippen LogP contribution >= 0.6 is 11.6 Å². The highest BCUT2D eigenvalue weighted by atomic mass is 35.5. The molecule has 0 unspecified atom stereocenters. The summed E-state index contributed by atoms with van der Waals surface area (Å²) in [4.78, 5) is 17.2. The zero-order chi connectivity index (χ0) is 19.2. The second-order valence-corrected chi connectivity index (χ2v) is 7.35. The molecule has 6 heteroatoms. The van der Waals surface area contributed by atoms with Crippen LogP contribution in [0.4, 0.5) is 10.5 Å². The quantitative estimate of drug-likeness (QED) is 0.763. The van der Waals surface area contributed by atoms with Gasteiger partial charge in [0.25, 0.3) is 0 Å². The fourth-order valence-electron chi connectivity index (χ4n) is 3.58. The maximum absolute atomic E-state index is 13.0.